The Bertz CT molecular complexity index is 1010. The molecule has 0 bridgehead atoms. The van der Waals surface area contributed by atoms with Crippen molar-refractivity contribution in [2.24, 2.45) is 0 Å². The van der Waals surface area contributed by atoms with Crippen LogP contribution in [0.2, 0.25) is 0 Å². The molecule has 0 N–H and O–H groups in total. The number of rotatable bonds is 7. The van der Waals surface area contributed by atoms with Gasteiger partial charge in [0.25, 0.3) is 5.91 Å². The lowest BCUT2D eigenvalue weighted by Crippen LogP contribution is -2.27. The lowest BCUT2D eigenvalue weighted by molar-refractivity contribution is -0.142. The number of hydrogen-bond acceptors (Lipinski definition) is 7. The molecule has 2 aromatic carbocycles. The van der Waals surface area contributed by atoms with Gasteiger partial charge in [0.15, 0.2) is 22.4 Å². The highest BCUT2D eigenvalue weighted by Crippen LogP contribution is 2.39. The van der Waals surface area contributed by atoms with Crippen molar-refractivity contribution in [2.45, 2.75) is 6.92 Å². The smallest absolute Gasteiger partial charge is 0.343 e. The van der Waals surface area contributed by atoms with E-state index in [0.717, 1.165) is 14.8 Å². The number of amides is 1. The van der Waals surface area contributed by atoms with E-state index in [-0.39, 0.29) is 12.5 Å². The summed E-state index contributed by atoms with van der Waals surface area (Å²) in [7, 11) is 1.30. The number of hydrogen-bond donors (Lipinski definition) is 0. The molecule has 2 aromatic rings. The quantitative estimate of drug-likeness (QED) is 0.213. The third-order valence-corrected chi connectivity index (χ3v) is 6.10. The topological polar surface area (TPSA) is 65.1 Å². The first-order valence-corrected chi connectivity index (χ1v) is 11.2. The largest absolute Gasteiger partial charge is 0.490 e. The van der Waals surface area contributed by atoms with Gasteiger partial charge in [-0.3, -0.25) is 9.69 Å². The van der Waals surface area contributed by atoms with E-state index in [4.69, 9.17) is 21.7 Å². The van der Waals surface area contributed by atoms with Crippen LogP contribution in [0, 0.1) is 3.57 Å². The number of nitrogens with zero attached hydrogens (tertiary/aromatic N) is 1. The number of halogens is 1. The third kappa shape index (κ3) is 5.13. The predicted octanol–water partition coefficient (Wildman–Crippen LogP) is 4.65. The Morgan fingerprint density at radius 2 is 1.97 bits per heavy atom. The van der Waals surface area contributed by atoms with Gasteiger partial charge >= 0.3 is 5.97 Å². The van der Waals surface area contributed by atoms with Crippen LogP contribution in [-0.2, 0) is 14.3 Å². The Morgan fingerprint density at radius 1 is 1.23 bits per heavy atom. The highest BCUT2D eigenvalue weighted by Gasteiger charge is 2.33. The second-order valence-corrected chi connectivity index (χ2v) is 8.82. The van der Waals surface area contributed by atoms with Crippen molar-refractivity contribution in [2.75, 3.05) is 25.2 Å². The molecule has 1 saturated heterocycles. The number of ether oxygens (including phenoxy) is 3. The lowest BCUT2D eigenvalue weighted by Gasteiger charge is -2.14. The molecule has 0 unspecified atom stereocenters. The van der Waals surface area contributed by atoms with Crippen LogP contribution >= 0.6 is 46.6 Å². The SMILES string of the molecule is CCOc1cc(/C=C2/SC(=S)N(c3ccccc3)C2=O)cc(I)c1OCC(=O)OC. The fraction of sp³-hybridized carbons (Fsp3) is 0.190. The van der Waals surface area contributed by atoms with Crippen LogP contribution in [0.1, 0.15) is 12.5 Å². The molecule has 1 fully saturated rings. The van der Waals surface area contributed by atoms with E-state index in [9.17, 15) is 9.59 Å². The van der Waals surface area contributed by atoms with Gasteiger partial charge in [-0.2, -0.15) is 0 Å². The second-order valence-electron chi connectivity index (χ2n) is 5.98. The monoisotopic (exact) mass is 555 g/mol. The van der Waals surface area contributed by atoms with Crippen molar-refractivity contribution in [3.05, 3.63) is 56.5 Å². The average Bonchev–Trinajstić information content (AvgIpc) is 3.01. The fourth-order valence-corrected chi connectivity index (χ4v) is 4.76. The minimum Gasteiger partial charge on any atom is -0.490 e. The van der Waals surface area contributed by atoms with Crippen LogP contribution in [0.5, 0.6) is 11.5 Å². The molecule has 156 valence electrons. The normalized spacial score (nSPS) is 14.9. The highest BCUT2D eigenvalue weighted by atomic mass is 127. The number of anilines is 1. The zero-order valence-corrected chi connectivity index (χ0v) is 20.0. The van der Waals surface area contributed by atoms with Gasteiger partial charge in [0.05, 0.1) is 27.9 Å². The summed E-state index contributed by atoms with van der Waals surface area (Å²) in [5.74, 6) is 0.284. The molecule has 0 aromatic heterocycles. The fourth-order valence-electron chi connectivity index (χ4n) is 2.68. The summed E-state index contributed by atoms with van der Waals surface area (Å²) in [6.45, 7) is 2.06. The highest BCUT2D eigenvalue weighted by molar-refractivity contribution is 14.1. The van der Waals surface area contributed by atoms with E-state index in [1.807, 2.05) is 43.3 Å². The van der Waals surface area contributed by atoms with Gasteiger partial charge in [0, 0.05) is 0 Å². The second kappa shape index (κ2) is 10.3. The summed E-state index contributed by atoms with van der Waals surface area (Å²) >= 11 is 8.77. The summed E-state index contributed by atoms with van der Waals surface area (Å²) in [4.78, 5) is 26.4. The first-order valence-electron chi connectivity index (χ1n) is 8.93. The molecule has 1 aliphatic rings. The third-order valence-electron chi connectivity index (χ3n) is 4.00. The maximum atomic E-state index is 12.9. The van der Waals surface area contributed by atoms with Crippen LogP contribution in [0.25, 0.3) is 6.08 Å². The minimum absolute atomic E-state index is 0.171. The molecule has 1 amide bonds. The van der Waals surface area contributed by atoms with E-state index >= 15 is 0 Å². The lowest BCUT2D eigenvalue weighted by atomic mass is 10.1. The summed E-state index contributed by atoms with van der Waals surface area (Å²) < 4.78 is 17.1. The van der Waals surface area contributed by atoms with E-state index < -0.39 is 5.97 Å². The molecule has 6 nitrogen and oxygen atoms in total. The molecule has 30 heavy (non-hydrogen) atoms. The summed E-state index contributed by atoms with van der Waals surface area (Å²) in [5.41, 5.74) is 1.50. The number of esters is 1. The summed E-state index contributed by atoms with van der Waals surface area (Å²) in [6, 6.07) is 12.9. The zero-order valence-electron chi connectivity index (χ0n) is 16.2. The number of methoxy groups -OCH3 is 1. The molecular formula is C21H18INO5S2. The van der Waals surface area contributed by atoms with Crippen LogP contribution in [0.3, 0.4) is 0 Å². The Kier molecular flexibility index (Phi) is 7.73. The van der Waals surface area contributed by atoms with Crippen LogP contribution in [-0.4, -0.2) is 36.5 Å². The Hall–Kier alpha value is -2.11. The number of carbonyl (C=O) groups is 2. The minimum atomic E-state index is -0.484. The number of thiocarbonyl (C=S) groups is 1. The molecule has 1 aliphatic heterocycles. The summed E-state index contributed by atoms with van der Waals surface area (Å²) in [6.07, 6.45) is 1.77. The van der Waals surface area contributed by atoms with Gasteiger partial charge in [-0.05, 0) is 65.4 Å². The van der Waals surface area contributed by atoms with Crippen molar-refractivity contribution in [3.63, 3.8) is 0 Å². The molecule has 0 atom stereocenters. The first kappa shape index (κ1) is 22.6. The van der Waals surface area contributed by atoms with Crippen molar-refractivity contribution in [1.82, 2.24) is 0 Å². The van der Waals surface area contributed by atoms with Gasteiger partial charge in [0.2, 0.25) is 0 Å². The van der Waals surface area contributed by atoms with E-state index in [1.165, 1.54) is 23.8 Å². The van der Waals surface area contributed by atoms with E-state index in [0.29, 0.717) is 27.3 Å². The van der Waals surface area contributed by atoms with Gasteiger partial charge < -0.3 is 14.2 Å². The van der Waals surface area contributed by atoms with E-state index in [2.05, 4.69) is 27.3 Å². The number of para-hydroxylation sites is 1. The molecule has 9 heteroatoms. The number of thioether (sulfide) groups is 1. The van der Waals surface area contributed by atoms with E-state index in [1.54, 1.807) is 12.1 Å². The van der Waals surface area contributed by atoms with Crippen molar-refractivity contribution in [3.8, 4) is 11.5 Å². The Labute approximate surface area is 197 Å². The van der Waals surface area contributed by atoms with Crippen LogP contribution in [0.4, 0.5) is 5.69 Å². The zero-order chi connectivity index (χ0) is 21.7. The molecule has 1 heterocycles. The van der Waals surface area contributed by atoms with Crippen LogP contribution in [0.15, 0.2) is 47.4 Å². The van der Waals surface area contributed by atoms with Crippen LogP contribution < -0.4 is 14.4 Å². The predicted molar refractivity (Wildman–Crippen MR) is 130 cm³/mol. The Balaban J connectivity index is 1.90. The summed E-state index contributed by atoms with van der Waals surface area (Å²) in [5, 5.41) is 0. The standard InChI is InChI=1S/C21H18INO5S2/c1-3-27-16-10-13(9-15(22)19(16)28-12-18(24)26-2)11-17-20(25)23(21(29)30-17)14-7-5-4-6-8-14/h4-11H,3,12H2,1-2H3/b17-11+. The average molecular weight is 555 g/mol. The van der Waals surface area contributed by atoms with Gasteiger partial charge in [0.1, 0.15) is 0 Å². The maximum Gasteiger partial charge on any atom is 0.343 e. The van der Waals surface area contributed by atoms with Gasteiger partial charge in [-0.15, -0.1) is 0 Å². The maximum absolute atomic E-state index is 12.9. The van der Waals surface area contributed by atoms with Crippen molar-refractivity contribution >= 4 is 74.5 Å². The molecule has 3 rings (SSSR count). The molecule has 0 radical (unpaired) electrons. The first-order chi connectivity index (χ1) is 14.4. The van der Waals surface area contributed by atoms with Crippen molar-refractivity contribution in [1.29, 1.82) is 0 Å². The Morgan fingerprint density at radius 3 is 2.63 bits per heavy atom. The molecule has 0 saturated carbocycles. The molecule has 0 spiro atoms. The molecular weight excluding hydrogens is 537 g/mol. The van der Waals surface area contributed by atoms with Gasteiger partial charge in [-0.1, -0.05) is 42.2 Å². The van der Waals surface area contributed by atoms with Gasteiger partial charge in [-0.25, -0.2) is 4.79 Å². The van der Waals surface area contributed by atoms with Crippen molar-refractivity contribution < 1.29 is 23.8 Å². The molecule has 0 aliphatic carbocycles. The number of benzene rings is 2. The number of carbonyl (C=O) groups excluding carboxylic acids is 2.